The summed E-state index contributed by atoms with van der Waals surface area (Å²) in [7, 11) is 0. The van der Waals surface area contributed by atoms with Gasteiger partial charge in [-0.25, -0.2) is 0 Å². The van der Waals surface area contributed by atoms with Crippen LogP contribution in [0.5, 0.6) is 0 Å². The quantitative estimate of drug-likeness (QED) is 0.831. The average molecular weight is 239 g/mol. The lowest BCUT2D eigenvalue weighted by atomic mass is 10.2. The van der Waals surface area contributed by atoms with E-state index in [4.69, 9.17) is 9.26 Å². The second-order valence-electron chi connectivity index (χ2n) is 4.46. The van der Waals surface area contributed by atoms with Gasteiger partial charge < -0.3 is 14.6 Å². The number of nitrogens with one attached hydrogen (secondary N) is 1. The van der Waals surface area contributed by atoms with Gasteiger partial charge in [-0.3, -0.25) is 4.90 Å². The van der Waals surface area contributed by atoms with Crippen LogP contribution in [0.1, 0.15) is 25.3 Å². The Bertz CT molecular complexity index is 340. The van der Waals surface area contributed by atoms with Crippen LogP contribution in [0.25, 0.3) is 0 Å². The van der Waals surface area contributed by atoms with Crippen LogP contribution in [-0.4, -0.2) is 42.4 Å². The molecule has 1 aliphatic heterocycles. The molecule has 1 aromatic heterocycles. The molecule has 17 heavy (non-hydrogen) atoms. The first kappa shape index (κ1) is 12.5. The van der Waals surface area contributed by atoms with Crippen molar-refractivity contribution in [3.8, 4) is 0 Å². The molecule has 2 heterocycles. The van der Waals surface area contributed by atoms with Gasteiger partial charge >= 0.3 is 0 Å². The zero-order chi connectivity index (χ0) is 12.1. The van der Waals surface area contributed by atoms with E-state index in [1.54, 1.807) is 0 Å². The molecule has 1 aliphatic rings. The predicted octanol–water partition coefficient (Wildman–Crippen LogP) is 1.00. The highest BCUT2D eigenvalue weighted by Gasteiger charge is 2.20. The van der Waals surface area contributed by atoms with Crippen molar-refractivity contribution in [2.24, 2.45) is 0 Å². The van der Waals surface area contributed by atoms with E-state index in [1.807, 2.05) is 6.07 Å². The zero-order valence-corrected chi connectivity index (χ0v) is 10.6. The van der Waals surface area contributed by atoms with Crippen molar-refractivity contribution in [1.82, 2.24) is 15.4 Å². The number of rotatable bonds is 5. The largest absolute Gasteiger partial charge is 0.379 e. The SMILES string of the molecule is CCNCc1cc(CN2CCOCC2C)on1. The summed E-state index contributed by atoms with van der Waals surface area (Å²) in [6, 6.07) is 2.48. The van der Waals surface area contributed by atoms with Crippen LogP contribution < -0.4 is 5.32 Å². The van der Waals surface area contributed by atoms with E-state index < -0.39 is 0 Å². The van der Waals surface area contributed by atoms with Gasteiger partial charge in [0.25, 0.3) is 0 Å². The molecule has 0 aliphatic carbocycles. The van der Waals surface area contributed by atoms with Crippen LogP contribution in [0.3, 0.4) is 0 Å². The summed E-state index contributed by atoms with van der Waals surface area (Å²) < 4.78 is 10.8. The molecular formula is C12H21N3O2. The van der Waals surface area contributed by atoms with E-state index in [2.05, 4.69) is 29.2 Å². The van der Waals surface area contributed by atoms with Gasteiger partial charge in [0.05, 0.1) is 25.5 Å². The minimum Gasteiger partial charge on any atom is -0.379 e. The molecule has 5 heteroatoms. The fourth-order valence-corrected chi connectivity index (χ4v) is 1.96. The Morgan fingerprint density at radius 2 is 2.47 bits per heavy atom. The second-order valence-corrected chi connectivity index (χ2v) is 4.46. The lowest BCUT2D eigenvalue weighted by molar-refractivity contribution is -0.00779. The molecule has 1 saturated heterocycles. The number of nitrogens with zero attached hydrogens (tertiary/aromatic N) is 2. The third-order valence-electron chi connectivity index (χ3n) is 3.03. The minimum atomic E-state index is 0.450. The van der Waals surface area contributed by atoms with Gasteiger partial charge in [0.15, 0.2) is 5.76 Å². The standard InChI is InChI=1S/C12H21N3O2/c1-3-13-7-11-6-12(17-14-11)8-15-4-5-16-9-10(15)2/h6,10,13H,3-5,7-9H2,1-2H3. The van der Waals surface area contributed by atoms with Crippen molar-refractivity contribution in [2.75, 3.05) is 26.3 Å². The van der Waals surface area contributed by atoms with Gasteiger partial charge in [0.1, 0.15) is 0 Å². The third kappa shape index (κ3) is 3.52. The molecule has 1 fully saturated rings. The number of hydrogen-bond acceptors (Lipinski definition) is 5. The lowest BCUT2D eigenvalue weighted by Gasteiger charge is -2.32. The van der Waals surface area contributed by atoms with Gasteiger partial charge in [-0.15, -0.1) is 0 Å². The van der Waals surface area contributed by atoms with Crippen molar-refractivity contribution in [1.29, 1.82) is 0 Å². The van der Waals surface area contributed by atoms with Gasteiger partial charge in [-0.1, -0.05) is 12.1 Å². The maximum absolute atomic E-state index is 5.41. The van der Waals surface area contributed by atoms with Gasteiger partial charge in [-0.05, 0) is 13.5 Å². The molecular weight excluding hydrogens is 218 g/mol. The van der Waals surface area contributed by atoms with E-state index in [1.165, 1.54) is 0 Å². The van der Waals surface area contributed by atoms with Crippen molar-refractivity contribution in [2.45, 2.75) is 33.0 Å². The Morgan fingerprint density at radius 1 is 1.59 bits per heavy atom. The van der Waals surface area contributed by atoms with Crippen molar-refractivity contribution < 1.29 is 9.26 Å². The Hall–Kier alpha value is -0.910. The molecule has 0 radical (unpaired) electrons. The molecule has 0 aromatic carbocycles. The Kier molecular flexibility index (Phi) is 4.53. The van der Waals surface area contributed by atoms with Crippen LogP contribution in [0.4, 0.5) is 0 Å². The summed E-state index contributed by atoms with van der Waals surface area (Å²) in [6.07, 6.45) is 0. The second kappa shape index (κ2) is 6.14. The molecule has 0 amide bonds. The molecule has 1 unspecified atom stereocenters. The molecule has 0 bridgehead atoms. The third-order valence-corrected chi connectivity index (χ3v) is 3.03. The molecule has 2 rings (SSSR count). The monoisotopic (exact) mass is 239 g/mol. The van der Waals surface area contributed by atoms with Crippen LogP contribution in [0.2, 0.25) is 0 Å². The first-order valence-electron chi connectivity index (χ1n) is 6.26. The normalized spacial score (nSPS) is 21.9. The summed E-state index contributed by atoms with van der Waals surface area (Å²) in [5, 5.41) is 7.28. The van der Waals surface area contributed by atoms with Crippen molar-refractivity contribution in [3.63, 3.8) is 0 Å². The number of morpholine rings is 1. The highest BCUT2D eigenvalue weighted by molar-refractivity contribution is 5.05. The summed E-state index contributed by atoms with van der Waals surface area (Å²) in [4.78, 5) is 2.36. The summed E-state index contributed by atoms with van der Waals surface area (Å²) in [5.41, 5.74) is 0.975. The van der Waals surface area contributed by atoms with E-state index in [0.717, 1.165) is 50.8 Å². The van der Waals surface area contributed by atoms with E-state index in [9.17, 15) is 0 Å². The van der Waals surface area contributed by atoms with Gasteiger partial charge in [0.2, 0.25) is 0 Å². The summed E-state index contributed by atoms with van der Waals surface area (Å²) in [5.74, 6) is 0.937. The van der Waals surface area contributed by atoms with Crippen molar-refractivity contribution >= 4 is 0 Å². The molecule has 1 aromatic rings. The maximum atomic E-state index is 5.41. The van der Waals surface area contributed by atoms with E-state index in [-0.39, 0.29) is 0 Å². The topological polar surface area (TPSA) is 50.5 Å². The fraction of sp³-hybridized carbons (Fsp3) is 0.750. The minimum absolute atomic E-state index is 0.450. The average Bonchev–Trinajstić information content (AvgIpc) is 2.77. The van der Waals surface area contributed by atoms with Crippen LogP contribution >= 0.6 is 0 Å². The molecule has 96 valence electrons. The summed E-state index contributed by atoms with van der Waals surface area (Å²) >= 11 is 0. The lowest BCUT2D eigenvalue weighted by Crippen LogP contribution is -2.42. The molecule has 0 spiro atoms. The highest BCUT2D eigenvalue weighted by Crippen LogP contribution is 2.12. The Morgan fingerprint density at radius 3 is 3.24 bits per heavy atom. The molecule has 0 saturated carbocycles. The molecule has 1 N–H and O–H groups in total. The van der Waals surface area contributed by atoms with Gasteiger partial charge in [0, 0.05) is 25.2 Å². The Labute approximate surface area is 102 Å². The van der Waals surface area contributed by atoms with Crippen LogP contribution in [0, 0.1) is 0 Å². The fourth-order valence-electron chi connectivity index (χ4n) is 1.96. The first-order valence-corrected chi connectivity index (χ1v) is 6.26. The first-order chi connectivity index (χ1) is 8.29. The molecule has 5 nitrogen and oxygen atoms in total. The van der Waals surface area contributed by atoms with Crippen molar-refractivity contribution in [3.05, 3.63) is 17.5 Å². The maximum Gasteiger partial charge on any atom is 0.151 e. The van der Waals surface area contributed by atoms with E-state index >= 15 is 0 Å². The number of ether oxygens (including phenoxy) is 1. The zero-order valence-electron chi connectivity index (χ0n) is 10.6. The van der Waals surface area contributed by atoms with Crippen LogP contribution in [0.15, 0.2) is 10.6 Å². The predicted molar refractivity (Wildman–Crippen MR) is 64.6 cm³/mol. The van der Waals surface area contributed by atoms with Gasteiger partial charge in [-0.2, -0.15) is 0 Å². The van der Waals surface area contributed by atoms with Crippen LogP contribution in [-0.2, 0) is 17.8 Å². The number of aromatic nitrogens is 1. The Balaban J connectivity index is 1.87. The smallest absolute Gasteiger partial charge is 0.151 e. The van der Waals surface area contributed by atoms with E-state index in [0.29, 0.717) is 6.04 Å². The highest BCUT2D eigenvalue weighted by atomic mass is 16.5. The molecule has 1 atom stereocenters. The summed E-state index contributed by atoms with van der Waals surface area (Å²) in [6.45, 7) is 9.38. The number of hydrogen-bond donors (Lipinski definition) is 1.